The molecule has 1 N–H and O–H groups in total. The molecule has 0 aliphatic carbocycles. The Hall–Kier alpha value is -3.54. The van der Waals surface area contributed by atoms with Crippen LogP contribution in [-0.4, -0.2) is 30.3 Å². The predicted octanol–water partition coefficient (Wildman–Crippen LogP) is 1.01. The maximum Gasteiger partial charge on any atom is 0.298 e. The summed E-state index contributed by atoms with van der Waals surface area (Å²) in [5, 5.41) is 4.00. The topological polar surface area (TPSA) is 67.3 Å². The minimum atomic E-state index is -0.198. The van der Waals surface area contributed by atoms with Crippen LogP contribution in [0.2, 0.25) is 0 Å². The van der Waals surface area contributed by atoms with Gasteiger partial charge in [0.05, 0.1) is 16.3 Å². The summed E-state index contributed by atoms with van der Waals surface area (Å²) in [5.74, 6) is 0.408. The Morgan fingerprint density at radius 2 is 1.73 bits per heavy atom. The number of carbonyl (C=O) groups is 1. The van der Waals surface area contributed by atoms with Crippen molar-refractivity contribution in [1.29, 1.82) is 0 Å². The van der Waals surface area contributed by atoms with Crippen molar-refractivity contribution in [2.45, 2.75) is 0 Å². The van der Waals surface area contributed by atoms with Crippen molar-refractivity contribution in [2.24, 2.45) is 0 Å². The monoisotopic (exact) mass is 349 g/mol. The van der Waals surface area contributed by atoms with Gasteiger partial charge in [-0.05, 0) is 48.0 Å². The molecule has 2 aromatic carbocycles. The summed E-state index contributed by atoms with van der Waals surface area (Å²) in [7, 11) is 3.95. The Balaban J connectivity index is 2.01. The standard InChI is InChI=1S/C20H19N3O3/c1-14-19(12-15-4-6-16(7-5-15)22(2)3)20(25)23(21-14)17-8-10-18(11-9-17)26-13-24/h4-13,21H,1H2,2-3H3. The fourth-order valence-electron chi connectivity index (χ4n) is 2.59. The number of hydrogen-bond acceptors (Lipinski definition) is 4. The van der Waals surface area contributed by atoms with Crippen molar-refractivity contribution in [2.75, 3.05) is 19.0 Å². The third-order valence-corrected chi connectivity index (χ3v) is 4.00. The van der Waals surface area contributed by atoms with Crippen LogP contribution in [0.15, 0.2) is 53.3 Å². The fraction of sp³-hybridized carbons (Fsp3) is 0.100. The number of carbonyl (C=O) groups excluding carboxylic acids is 1. The maximum absolute atomic E-state index is 12.7. The molecule has 26 heavy (non-hydrogen) atoms. The minimum absolute atomic E-state index is 0.198. The van der Waals surface area contributed by atoms with Gasteiger partial charge in [0.25, 0.3) is 12.0 Å². The molecule has 132 valence electrons. The van der Waals surface area contributed by atoms with Crippen molar-refractivity contribution in [3.8, 4) is 11.4 Å². The van der Waals surface area contributed by atoms with Crippen LogP contribution in [0.1, 0.15) is 5.56 Å². The molecule has 6 nitrogen and oxygen atoms in total. The van der Waals surface area contributed by atoms with Gasteiger partial charge in [0.15, 0.2) is 0 Å². The average Bonchev–Trinajstić information content (AvgIpc) is 2.91. The van der Waals surface area contributed by atoms with Gasteiger partial charge < -0.3 is 9.64 Å². The molecule has 3 rings (SSSR count). The summed E-state index contributed by atoms with van der Waals surface area (Å²) >= 11 is 0. The molecule has 3 aromatic rings. The second-order valence-electron chi connectivity index (χ2n) is 5.98. The van der Waals surface area contributed by atoms with Crippen LogP contribution in [0.5, 0.6) is 5.75 Å². The van der Waals surface area contributed by atoms with Crippen LogP contribution in [0, 0.1) is 0 Å². The van der Waals surface area contributed by atoms with Crippen molar-refractivity contribution in [3.05, 3.63) is 75.0 Å². The zero-order valence-electron chi connectivity index (χ0n) is 14.6. The highest BCUT2D eigenvalue weighted by Crippen LogP contribution is 2.13. The number of nitrogens with one attached hydrogen (secondary N) is 1. The summed E-state index contributed by atoms with van der Waals surface area (Å²) < 4.78 is 6.17. The number of aromatic amines is 1. The summed E-state index contributed by atoms with van der Waals surface area (Å²) in [6.45, 7) is 4.29. The average molecular weight is 349 g/mol. The van der Waals surface area contributed by atoms with E-state index in [1.54, 1.807) is 30.3 Å². The Kier molecular flexibility index (Phi) is 4.75. The van der Waals surface area contributed by atoms with Crippen LogP contribution in [0.4, 0.5) is 5.69 Å². The van der Waals surface area contributed by atoms with E-state index in [4.69, 9.17) is 4.74 Å². The van der Waals surface area contributed by atoms with E-state index < -0.39 is 0 Å². The molecular weight excluding hydrogens is 330 g/mol. The zero-order chi connectivity index (χ0) is 18.7. The smallest absolute Gasteiger partial charge is 0.298 e. The van der Waals surface area contributed by atoms with Gasteiger partial charge in [-0.25, -0.2) is 4.68 Å². The third-order valence-electron chi connectivity index (χ3n) is 4.00. The van der Waals surface area contributed by atoms with Gasteiger partial charge in [-0.3, -0.25) is 14.7 Å². The number of nitrogens with zero attached hydrogens (tertiary/aromatic N) is 2. The number of H-pyrrole nitrogens is 1. The lowest BCUT2D eigenvalue weighted by Crippen LogP contribution is -2.33. The van der Waals surface area contributed by atoms with Crippen LogP contribution in [0.25, 0.3) is 18.3 Å². The summed E-state index contributed by atoms with van der Waals surface area (Å²) in [4.78, 5) is 25.1. The van der Waals surface area contributed by atoms with E-state index in [-0.39, 0.29) is 5.56 Å². The van der Waals surface area contributed by atoms with Crippen LogP contribution in [-0.2, 0) is 4.79 Å². The van der Waals surface area contributed by atoms with Crippen molar-refractivity contribution < 1.29 is 9.53 Å². The first kappa shape index (κ1) is 17.3. The Morgan fingerprint density at radius 3 is 2.31 bits per heavy atom. The molecular formula is C20H19N3O3. The third kappa shape index (κ3) is 3.44. The molecule has 1 heterocycles. The van der Waals surface area contributed by atoms with E-state index in [2.05, 4.69) is 11.7 Å². The highest BCUT2D eigenvalue weighted by atomic mass is 16.5. The van der Waals surface area contributed by atoms with Gasteiger partial charge in [0, 0.05) is 19.8 Å². The lowest BCUT2D eigenvalue weighted by Gasteiger charge is -2.11. The molecule has 0 aliphatic rings. The first-order chi connectivity index (χ1) is 12.5. The van der Waals surface area contributed by atoms with E-state index in [1.807, 2.05) is 43.3 Å². The number of aromatic nitrogens is 2. The van der Waals surface area contributed by atoms with Crippen molar-refractivity contribution >= 4 is 24.8 Å². The molecule has 0 saturated heterocycles. The summed E-state index contributed by atoms with van der Waals surface area (Å²) in [6, 6.07) is 14.5. The molecule has 0 saturated carbocycles. The summed E-state index contributed by atoms with van der Waals surface area (Å²) in [6.07, 6.45) is 1.81. The van der Waals surface area contributed by atoms with Gasteiger partial charge in [-0.15, -0.1) is 0 Å². The molecule has 0 atom stereocenters. The Bertz CT molecular complexity index is 1080. The molecule has 0 amide bonds. The maximum atomic E-state index is 12.7. The summed E-state index contributed by atoms with van der Waals surface area (Å²) in [5.41, 5.74) is 2.43. The second kappa shape index (κ2) is 7.14. The lowest BCUT2D eigenvalue weighted by molar-refractivity contribution is -0.120. The Morgan fingerprint density at radius 1 is 1.08 bits per heavy atom. The number of ether oxygens (including phenoxy) is 1. The van der Waals surface area contributed by atoms with E-state index >= 15 is 0 Å². The van der Waals surface area contributed by atoms with Gasteiger partial charge in [0.1, 0.15) is 5.75 Å². The predicted molar refractivity (Wildman–Crippen MR) is 102 cm³/mol. The van der Waals surface area contributed by atoms with E-state index in [0.717, 1.165) is 11.3 Å². The lowest BCUT2D eigenvalue weighted by atomic mass is 10.1. The highest BCUT2D eigenvalue weighted by molar-refractivity contribution is 5.55. The van der Waals surface area contributed by atoms with Crippen molar-refractivity contribution in [3.63, 3.8) is 0 Å². The van der Waals surface area contributed by atoms with E-state index in [9.17, 15) is 9.59 Å². The minimum Gasteiger partial charge on any atom is -0.429 e. The molecule has 0 spiro atoms. The molecule has 0 aliphatic heterocycles. The van der Waals surface area contributed by atoms with Gasteiger partial charge >= 0.3 is 0 Å². The van der Waals surface area contributed by atoms with E-state index in [1.165, 1.54) is 4.68 Å². The number of hydrogen-bond donors (Lipinski definition) is 1. The fourth-order valence-corrected chi connectivity index (χ4v) is 2.59. The number of benzene rings is 2. The molecule has 0 unspecified atom stereocenters. The number of rotatable bonds is 5. The first-order valence-corrected chi connectivity index (χ1v) is 7.99. The molecule has 0 radical (unpaired) electrons. The molecule has 6 heteroatoms. The molecule has 0 fully saturated rings. The number of anilines is 1. The Labute approximate surface area is 150 Å². The largest absolute Gasteiger partial charge is 0.429 e. The molecule has 1 aromatic heterocycles. The van der Waals surface area contributed by atoms with Gasteiger partial charge in [-0.2, -0.15) is 0 Å². The van der Waals surface area contributed by atoms with E-state index in [0.29, 0.717) is 28.5 Å². The normalized spacial score (nSPS) is 11.4. The van der Waals surface area contributed by atoms with Gasteiger partial charge in [0.2, 0.25) is 0 Å². The van der Waals surface area contributed by atoms with Crippen LogP contribution >= 0.6 is 0 Å². The van der Waals surface area contributed by atoms with Crippen LogP contribution < -0.4 is 25.8 Å². The quantitative estimate of drug-likeness (QED) is 0.698. The zero-order valence-corrected chi connectivity index (χ0v) is 14.6. The second-order valence-corrected chi connectivity index (χ2v) is 5.98. The van der Waals surface area contributed by atoms with Crippen LogP contribution in [0.3, 0.4) is 0 Å². The van der Waals surface area contributed by atoms with Crippen molar-refractivity contribution in [1.82, 2.24) is 9.78 Å². The SMILES string of the molecule is C=c1[nH]n(-c2ccc(OC=O)cc2)c(=O)c1=Cc1ccc(N(C)C)cc1. The van der Waals surface area contributed by atoms with Gasteiger partial charge in [-0.1, -0.05) is 18.7 Å². The first-order valence-electron chi connectivity index (χ1n) is 7.99. The molecule has 0 bridgehead atoms. The highest BCUT2D eigenvalue weighted by Gasteiger charge is 2.05.